The van der Waals surface area contributed by atoms with Gasteiger partial charge in [-0.3, -0.25) is 9.89 Å². The molecule has 0 bridgehead atoms. The zero-order chi connectivity index (χ0) is 18.9. The molecular weight excluding hydrogens is 370 g/mol. The number of carbonyl (C=O) groups excluding carboxylic acids is 1. The Hall–Kier alpha value is -3.19. The number of H-pyrrole nitrogens is 1. The molecule has 1 fully saturated rings. The van der Waals surface area contributed by atoms with Crippen molar-refractivity contribution in [2.24, 2.45) is 0 Å². The third-order valence-corrected chi connectivity index (χ3v) is 6.14. The van der Waals surface area contributed by atoms with Gasteiger partial charge in [0, 0.05) is 43.5 Å². The summed E-state index contributed by atoms with van der Waals surface area (Å²) in [5.41, 5.74) is 3.63. The molecule has 1 saturated heterocycles. The number of thiazole rings is 1. The molecule has 140 valence electrons. The van der Waals surface area contributed by atoms with Crippen molar-refractivity contribution >= 4 is 32.6 Å². The number of fused-ring (bicyclic) bond motifs is 1. The lowest BCUT2D eigenvalue weighted by Crippen LogP contribution is -2.48. The van der Waals surface area contributed by atoms with Gasteiger partial charge in [-0.1, -0.05) is 35.6 Å². The van der Waals surface area contributed by atoms with E-state index in [0.717, 1.165) is 35.0 Å². The zero-order valence-corrected chi connectivity index (χ0v) is 16.0. The third kappa shape index (κ3) is 3.14. The van der Waals surface area contributed by atoms with Gasteiger partial charge in [-0.25, -0.2) is 4.98 Å². The number of hydrogen-bond acceptors (Lipinski definition) is 5. The summed E-state index contributed by atoms with van der Waals surface area (Å²) >= 11 is 1.71. The van der Waals surface area contributed by atoms with Gasteiger partial charge in [-0.15, -0.1) is 0 Å². The molecule has 0 atom stereocenters. The maximum Gasteiger partial charge on any atom is 0.253 e. The summed E-state index contributed by atoms with van der Waals surface area (Å²) in [5.74, 6) is 0.0744. The summed E-state index contributed by atoms with van der Waals surface area (Å²) in [4.78, 5) is 21.9. The van der Waals surface area contributed by atoms with E-state index in [4.69, 9.17) is 4.98 Å². The van der Waals surface area contributed by atoms with Crippen LogP contribution < -0.4 is 4.90 Å². The molecule has 1 N–H and O–H groups in total. The van der Waals surface area contributed by atoms with Gasteiger partial charge in [-0.05, 0) is 30.3 Å². The topological polar surface area (TPSA) is 65.1 Å². The summed E-state index contributed by atoms with van der Waals surface area (Å²) < 4.78 is 1.20. The molecule has 6 nitrogen and oxygen atoms in total. The lowest BCUT2D eigenvalue weighted by molar-refractivity contribution is 0.0747. The SMILES string of the molecule is O=C(c1cccc(-c2ccn[nH]2)c1)N1CCN(c2nc3ccccc3s2)CC1. The minimum Gasteiger partial charge on any atom is -0.345 e. The summed E-state index contributed by atoms with van der Waals surface area (Å²) in [5, 5.41) is 7.97. The molecular formula is C21H19N5OS. The van der Waals surface area contributed by atoms with Crippen LogP contribution in [-0.2, 0) is 0 Å². The normalized spacial score (nSPS) is 14.6. The van der Waals surface area contributed by atoms with Crippen molar-refractivity contribution in [3.05, 3.63) is 66.4 Å². The second-order valence-electron chi connectivity index (χ2n) is 6.79. The van der Waals surface area contributed by atoms with E-state index in [2.05, 4.69) is 21.2 Å². The zero-order valence-electron chi connectivity index (χ0n) is 15.2. The van der Waals surface area contributed by atoms with E-state index in [-0.39, 0.29) is 5.91 Å². The molecule has 3 heterocycles. The first kappa shape index (κ1) is 16.9. The number of amides is 1. The van der Waals surface area contributed by atoms with Crippen molar-refractivity contribution < 1.29 is 4.79 Å². The molecule has 0 unspecified atom stereocenters. The molecule has 2 aromatic carbocycles. The molecule has 0 radical (unpaired) electrons. The van der Waals surface area contributed by atoms with Crippen molar-refractivity contribution in [3.8, 4) is 11.3 Å². The Labute approximate surface area is 166 Å². The van der Waals surface area contributed by atoms with Crippen LogP contribution in [-0.4, -0.2) is 52.2 Å². The van der Waals surface area contributed by atoms with E-state index in [1.165, 1.54) is 4.70 Å². The Morgan fingerprint density at radius 3 is 2.64 bits per heavy atom. The van der Waals surface area contributed by atoms with Crippen LogP contribution in [0.4, 0.5) is 5.13 Å². The van der Waals surface area contributed by atoms with Gasteiger partial charge in [0.05, 0.1) is 15.9 Å². The van der Waals surface area contributed by atoms with Gasteiger partial charge in [0.25, 0.3) is 5.91 Å². The number of benzene rings is 2. The maximum atomic E-state index is 13.0. The number of anilines is 1. The van der Waals surface area contributed by atoms with Gasteiger partial charge >= 0.3 is 0 Å². The van der Waals surface area contributed by atoms with Crippen molar-refractivity contribution in [1.29, 1.82) is 0 Å². The van der Waals surface area contributed by atoms with Crippen LogP contribution in [0.25, 0.3) is 21.5 Å². The van der Waals surface area contributed by atoms with E-state index in [1.807, 2.05) is 53.4 Å². The number of hydrogen-bond donors (Lipinski definition) is 1. The first-order valence-corrected chi connectivity index (χ1v) is 10.1. The predicted molar refractivity (Wildman–Crippen MR) is 112 cm³/mol. The van der Waals surface area contributed by atoms with E-state index in [1.54, 1.807) is 17.5 Å². The Morgan fingerprint density at radius 1 is 1.00 bits per heavy atom. The fourth-order valence-corrected chi connectivity index (χ4v) is 4.53. The second kappa shape index (κ2) is 7.09. The lowest BCUT2D eigenvalue weighted by atomic mass is 10.1. The second-order valence-corrected chi connectivity index (χ2v) is 7.80. The predicted octanol–water partition coefficient (Wildman–Crippen LogP) is 3.65. The minimum absolute atomic E-state index is 0.0744. The number of aromatic amines is 1. The molecule has 4 aromatic rings. The van der Waals surface area contributed by atoms with Gasteiger partial charge in [0.2, 0.25) is 0 Å². The first-order valence-electron chi connectivity index (χ1n) is 9.27. The van der Waals surface area contributed by atoms with E-state index in [0.29, 0.717) is 18.7 Å². The molecule has 1 aliphatic rings. The van der Waals surface area contributed by atoms with Crippen LogP contribution in [0.15, 0.2) is 60.8 Å². The summed E-state index contributed by atoms with van der Waals surface area (Å²) in [6, 6.07) is 17.8. The summed E-state index contributed by atoms with van der Waals surface area (Å²) in [6.45, 7) is 2.99. The van der Waals surface area contributed by atoms with E-state index < -0.39 is 0 Å². The van der Waals surface area contributed by atoms with Crippen LogP contribution in [0.5, 0.6) is 0 Å². The number of para-hydroxylation sites is 1. The van der Waals surface area contributed by atoms with Crippen molar-refractivity contribution in [1.82, 2.24) is 20.1 Å². The standard InChI is InChI=1S/C21H19N5OS/c27-20(16-5-3-4-15(14-16)17-8-9-22-24-17)25-10-12-26(13-11-25)21-23-18-6-1-2-7-19(18)28-21/h1-9,14H,10-13H2,(H,22,24). The molecule has 1 amide bonds. The highest BCUT2D eigenvalue weighted by molar-refractivity contribution is 7.22. The molecule has 0 saturated carbocycles. The van der Waals surface area contributed by atoms with Crippen molar-refractivity contribution in [2.75, 3.05) is 31.1 Å². The molecule has 28 heavy (non-hydrogen) atoms. The van der Waals surface area contributed by atoms with Crippen LogP contribution in [0.3, 0.4) is 0 Å². The Bertz CT molecular complexity index is 1080. The smallest absolute Gasteiger partial charge is 0.253 e. The number of carbonyl (C=O) groups is 1. The average molecular weight is 389 g/mol. The largest absolute Gasteiger partial charge is 0.345 e. The Kier molecular flexibility index (Phi) is 4.29. The Morgan fingerprint density at radius 2 is 1.86 bits per heavy atom. The third-order valence-electron chi connectivity index (χ3n) is 5.04. The van der Waals surface area contributed by atoms with Gasteiger partial charge in [0.15, 0.2) is 5.13 Å². The molecule has 0 aliphatic carbocycles. The number of piperazine rings is 1. The molecule has 0 spiro atoms. The van der Waals surface area contributed by atoms with Crippen LogP contribution >= 0.6 is 11.3 Å². The maximum absolute atomic E-state index is 13.0. The first-order chi connectivity index (χ1) is 13.8. The molecule has 2 aromatic heterocycles. The van der Waals surface area contributed by atoms with Gasteiger partial charge < -0.3 is 9.80 Å². The highest BCUT2D eigenvalue weighted by Crippen LogP contribution is 2.29. The fourth-order valence-electron chi connectivity index (χ4n) is 3.52. The van der Waals surface area contributed by atoms with Crippen molar-refractivity contribution in [3.63, 3.8) is 0 Å². The average Bonchev–Trinajstić information content (AvgIpc) is 3.43. The monoisotopic (exact) mass is 389 g/mol. The minimum atomic E-state index is 0.0744. The molecule has 7 heteroatoms. The molecule has 5 rings (SSSR count). The van der Waals surface area contributed by atoms with Crippen LogP contribution in [0.1, 0.15) is 10.4 Å². The van der Waals surface area contributed by atoms with E-state index >= 15 is 0 Å². The van der Waals surface area contributed by atoms with Gasteiger partial charge in [-0.2, -0.15) is 5.10 Å². The number of rotatable bonds is 3. The Balaban J connectivity index is 1.29. The summed E-state index contributed by atoms with van der Waals surface area (Å²) in [7, 11) is 0. The number of nitrogens with zero attached hydrogens (tertiary/aromatic N) is 4. The van der Waals surface area contributed by atoms with Gasteiger partial charge in [0.1, 0.15) is 0 Å². The molecule has 1 aliphatic heterocycles. The quantitative estimate of drug-likeness (QED) is 0.581. The number of nitrogens with one attached hydrogen (secondary N) is 1. The van der Waals surface area contributed by atoms with Crippen molar-refractivity contribution in [2.45, 2.75) is 0 Å². The summed E-state index contributed by atoms with van der Waals surface area (Å²) in [6.07, 6.45) is 1.71. The van der Waals surface area contributed by atoms with Crippen LogP contribution in [0, 0.1) is 0 Å². The van der Waals surface area contributed by atoms with Crippen LogP contribution in [0.2, 0.25) is 0 Å². The fraction of sp³-hybridized carbons (Fsp3) is 0.190. The number of aromatic nitrogens is 3. The van der Waals surface area contributed by atoms with E-state index in [9.17, 15) is 4.79 Å². The highest BCUT2D eigenvalue weighted by atomic mass is 32.1. The lowest BCUT2D eigenvalue weighted by Gasteiger charge is -2.34. The highest BCUT2D eigenvalue weighted by Gasteiger charge is 2.24.